The molecular formula is C12H14BrN3O2. The summed E-state index contributed by atoms with van der Waals surface area (Å²) in [7, 11) is 0. The number of benzene rings is 1. The van der Waals surface area contributed by atoms with E-state index in [2.05, 4.69) is 31.8 Å². The number of halogens is 1. The number of amides is 2. The van der Waals surface area contributed by atoms with Crippen LogP contribution in [0, 0.1) is 0 Å². The van der Waals surface area contributed by atoms with Gasteiger partial charge in [0.2, 0.25) is 11.8 Å². The predicted octanol–water partition coefficient (Wildman–Crippen LogP) is 2.29. The first-order chi connectivity index (χ1) is 8.49. The van der Waals surface area contributed by atoms with Gasteiger partial charge in [-0.3, -0.25) is 9.59 Å². The van der Waals surface area contributed by atoms with Crippen LogP contribution in [0.25, 0.3) is 0 Å². The lowest BCUT2D eigenvalue weighted by Crippen LogP contribution is -2.25. The number of anilines is 1. The molecule has 0 aliphatic heterocycles. The monoisotopic (exact) mass is 311 g/mol. The van der Waals surface area contributed by atoms with Crippen molar-refractivity contribution in [2.45, 2.75) is 20.3 Å². The van der Waals surface area contributed by atoms with E-state index in [0.717, 1.165) is 10.2 Å². The molecule has 1 rings (SSSR count). The van der Waals surface area contributed by atoms with E-state index < -0.39 is 5.91 Å². The van der Waals surface area contributed by atoms with Crippen molar-refractivity contribution >= 4 is 39.1 Å². The lowest BCUT2D eigenvalue weighted by molar-refractivity contribution is -0.126. The second-order valence-corrected chi connectivity index (χ2v) is 4.65. The number of carbonyl (C=O) groups is 2. The summed E-state index contributed by atoms with van der Waals surface area (Å²) in [5.41, 5.74) is 3.64. The summed E-state index contributed by atoms with van der Waals surface area (Å²) in [4.78, 5) is 22.9. The first kappa shape index (κ1) is 14.4. The van der Waals surface area contributed by atoms with Gasteiger partial charge in [0.25, 0.3) is 0 Å². The number of hydrazone groups is 1. The molecule has 0 spiro atoms. The van der Waals surface area contributed by atoms with Crippen molar-refractivity contribution in [3.05, 3.63) is 28.7 Å². The van der Waals surface area contributed by atoms with Gasteiger partial charge in [0.1, 0.15) is 6.42 Å². The fraction of sp³-hybridized carbons (Fsp3) is 0.250. The van der Waals surface area contributed by atoms with Gasteiger partial charge < -0.3 is 5.32 Å². The Labute approximate surface area is 114 Å². The molecule has 0 heterocycles. The minimum Gasteiger partial charge on any atom is -0.325 e. The highest BCUT2D eigenvalue weighted by Crippen LogP contribution is 2.21. The van der Waals surface area contributed by atoms with Crippen molar-refractivity contribution < 1.29 is 9.59 Å². The Kier molecular flexibility index (Phi) is 5.51. The van der Waals surface area contributed by atoms with Gasteiger partial charge in [0, 0.05) is 10.2 Å². The van der Waals surface area contributed by atoms with Crippen LogP contribution < -0.4 is 10.7 Å². The number of hydrogen-bond donors (Lipinski definition) is 2. The molecule has 0 fully saturated rings. The van der Waals surface area contributed by atoms with E-state index in [1.54, 1.807) is 32.0 Å². The van der Waals surface area contributed by atoms with Crippen LogP contribution in [0.5, 0.6) is 0 Å². The Morgan fingerprint density at radius 2 is 1.89 bits per heavy atom. The third kappa shape index (κ3) is 5.09. The molecule has 18 heavy (non-hydrogen) atoms. The number of para-hydroxylation sites is 1. The Morgan fingerprint density at radius 1 is 1.22 bits per heavy atom. The topological polar surface area (TPSA) is 70.6 Å². The summed E-state index contributed by atoms with van der Waals surface area (Å²) in [6.07, 6.45) is -0.266. The average molecular weight is 312 g/mol. The fourth-order valence-electron chi connectivity index (χ4n) is 1.12. The summed E-state index contributed by atoms with van der Waals surface area (Å²) in [6.45, 7) is 3.50. The van der Waals surface area contributed by atoms with Crippen LogP contribution in [0.15, 0.2) is 33.8 Å². The van der Waals surface area contributed by atoms with Gasteiger partial charge in [0.15, 0.2) is 0 Å². The molecule has 1 aromatic carbocycles. The third-order valence-electron chi connectivity index (χ3n) is 1.87. The molecule has 2 N–H and O–H groups in total. The van der Waals surface area contributed by atoms with Crippen LogP contribution in [0.1, 0.15) is 20.3 Å². The van der Waals surface area contributed by atoms with E-state index >= 15 is 0 Å². The third-order valence-corrected chi connectivity index (χ3v) is 2.56. The van der Waals surface area contributed by atoms with E-state index in [1.807, 2.05) is 6.07 Å². The highest BCUT2D eigenvalue weighted by Gasteiger charge is 2.10. The first-order valence-corrected chi connectivity index (χ1v) is 6.12. The van der Waals surface area contributed by atoms with Crippen molar-refractivity contribution in [3.63, 3.8) is 0 Å². The smallest absolute Gasteiger partial charge is 0.249 e. The maximum absolute atomic E-state index is 11.6. The Morgan fingerprint density at radius 3 is 2.50 bits per heavy atom. The quantitative estimate of drug-likeness (QED) is 0.509. The van der Waals surface area contributed by atoms with Gasteiger partial charge in [-0.25, -0.2) is 5.43 Å². The molecule has 0 atom stereocenters. The van der Waals surface area contributed by atoms with Gasteiger partial charge >= 0.3 is 0 Å². The van der Waals surface area contributed by atoms with Crippen molar-refractivity contribution in [1.82, 2.24) is 5.43 Å². The lowest BCUT2D eigenvalue weighted by atomic mass is 10.3. The summed E-state index contributed by atoms with van der Waals surface area (Å²) < 4.78 is 0.765. The zero-order valence-corrected chi connectivity index (χ0v) is 11.7. The number of rotatable bonds is 4. The summed E-state index contributed by atoms with van der Waals surface area (Å²) in [6, 6.07) is 7.19. The molecule has 0 aliphatic carbocycles. The van der Waals surface area contributed by atoms with E-state index in [9.17, 15) is 9.59 Å². The minimum atomic E-state index is -0.444. The summed E-state index contributed by atoms with van der Waals surface area (Å²) >= 11 is 3.30. The van der Waals surface area contributed by atoms with Gasteiger partial charge in [0.05, 0.1) is 5.69 Å². The van der Waals surface area contributed by atoms with Gasteiger partial charge in [-0.1, -0.05) is 12.1 Å². The average Bonchev–Trinajstić information content (AvgIpc) is 2.29. The minimum absolute atomic E-state index is 0.266. The zero-order valence-electron chi connectivity index (χ0n) is 10.2. The van der Waals surface area contributed by atoms with Crippen LogP contribution in [0.4, 0.5) is 5.69 Å². The van der Waals surface area contributed by atoms with Crippen LogP contribution in [0.2, 0.25) is 0 Å². The molecule has 5 nitrogen and oxygen atoms in total. The second-order valence-electron chi connectivity index (χ2n) is 3.80. The van der Waals surface area contributed by atoms with Gasteiger partial charge in [-0.05, 0) is 41.9 Å². The van der Waals surface area contributed by atoms with E-state index in [-0.39, 0.29) is 12.3 Å². The number of hydrogen-bond acceptors (Lipinski definition) is 3. The largest absolute Gasteiger partial charge is 0.325 e. The van der Waals surface area contributed by atoms with Gasteiger partial charge in [-0.15, -0.1) is 0 Å². The first-order valence-electron chi connectivity index (χ1n) is 5.33. The second kappa shape index (κ2) is 6.90. The summed E-state index contributed by atoms with van der Waals surface area (Å²) in [5.74, 6) is -0.830. The van der Waals surface area contributed by atoms with E-state index in [4.69, 9.17) is 0 Å². The van der Waals surface area contributed by atoms with Crippen LogP contribution in [-0.4, -0.2) is 17.5 Å². The van der Waals surface area contributed by atoms with Crippen LogP contribution >= 0.6 is 15.9 Å². The molecule has 0 radical (unpaired) electrons. The van der Waals surface area contributed by atoms with Crippen molar-refractivity contribution in [1.29, 1.82) is 0 Å². The molecule has 6 heteroatoms. The molecule has 0 unspecified atom stereocenters. The standard InChI is InChI=1S/C12H14BrN3O2/c1-8(2)15-16-12(18)7-11(17)14-10-6-4-3-5-9(10)13/h3-6H,7H2,1-2H3,(H,14,17)(H,16,18). The fourth-order valence-corrected chi connectivity index (χ4v) is 1.50. The molecule has 0 saturated carbocycles. The molecule has 0 saturated heterocycles. The lowest BCUT2D eigenvalue weighted by Gasteiger charge is -2.06. The Hall–Kier alpha value is -1.69. The SMILES string of the molecule is CC(C)=NNC(=O)CC(=O)Nc1ccccc1Br. The van der Waals surface area contributed by atoms with Crippen LogP contribution in [-0.2, 0) is 9.59 Å². The Balaban J connectivity index is 2.50. The predicted molar refractivity (Wildman–Crippen MR) is 74.3 cm³/mol. The molecule has 0 aliphatic rings. The molecular weight excluding hydrogens is 298 g/mol. The number of nitrogens with one attached hydrogen (secondary N) is 2. The molecule has 0 aromatic heterocycles. The molecule has 96 valence electrons. The Bertz CT molecular complexity index is 482. The zero-order chi connectivity index (χ0) is 13.5. The highest BCUT2D eigenvalue weighted by atomic mass is 79.9. The van der Waals surface area contributed by atoms with Crippen molar-refractivity contribution in [2.24, 2.45) is 5.10 Å². The van der Waals surface area contributed by atoms with Crippen LogP contribution in [0.3, 0.4) is 0 Å². The summed E-state index contributed by atoms with van der Waals surface area (Å²) in [5, 5.41) is 6.36. The maximum Gasteiger partial charge on any atom is 0.249 e. The molecule has 1 aromatic rings. The molecule has 2 amide bonds. The van der Waals surface area contributed by atoms with E-state index in [0.29, 0.717) is 5.69 Å². The van der Waals surface area contributed by atoms with E-state index in [1.165, 1.54) is 0 Å². The number of nitrogens with zero attached hydrogens (tertiary/aromatic N) is 1. The molecule has 0 bridgehead atoms. The number of carbonyl (C=O) groups excluding carboxylic acids is 2. The van der Waals surface area contributed by atoms with Gasteiger partial charge in [-0.2, -0.15) is 5.10 Å². The highest BCUT2D eigenvalue weighted by molar-refractivity contribution is 9.10. The van der Waals surface area contributed by atoms with Crippen molar-refractivity contribution in [2.75, 3.05) is 5.32 Å². The normalized spacial score (nSPS) is 9.50. The van der Waals surface area contributed by atoms with Crippen molar-refractivity contribution in [3.8, 4) is 0 Å². The maximum atomic E-state index is 11.6.